The smallest absolute Gasteiger partial charge is 0.254 e. The van der Waals surface area contributed by atoms with Crippen molar-refractivity contribution in [1.29, 1.82) is 0 Å². The number of hydrogen-bond acceptors (Lipinski definition) is 2. The monoisotopic (exact) mass is 278 g/mol. The number of amides is 1. The summed E-state index contributed by atoms with van der Waals surface area (Å²) in [5.41, 5.74) is 0.678. The van der Waals surface area contributed by atoms with Crippen molar-refractivity contribution in [3.63, 3.8) is 0 Å². The van der Waals surface area contributed by atoms with Crippen molar-refractivity contribution in [1.82, 2.24) is 10.3 Å². The Bertz CT molecular complexity index is 589. The quantitative estimate of drug-likeness (QED) is 0.935. The Balaban J connectivity index is 2.13. The Morgan fingerprint density at radius 3 is 2.79 bits per heavy atom. The Hall–Kier alpha value is -1.94. The lowest BCUT2D eigenvalue weighted by atomic mass is 10.1. The summed E-state index contributed by atoms with van der Waals surface area (Å²) in [6, 6.07) is 9.06. The summed E-state index contributed by atoms with van der Waals surface area (Å²) in [4.78, 5) is 16.1. The van der Waals surface area contributed by atoms with Crippen molar-refractivity contribution in [3.8, 4) is 0 Å². The van der Waals surface area contributed by atoms with Gasteiger partial charge in [0, 0.05) is 11.2 Å². The summed E-state index contributed by atoms with van der Waals surface area (Å²) in [6.45, 7) is 1.79. The van der Waals surface area contributed by atoms with Gasteiger partial charge in [0.1, 0.15) is 5.82 Å². The van der Waals surface area contributed by atoms with Crippen molar-refractivity contribution < 1.29 is 9.18 Å². The molecule has 0 aliphatic rings. The average molecular weight is 279 g/mol. The minimum atomic E-state index is -0.641. The van der Waals surface area contributed by atoms with Crippen LogP contribution in [0.5, 0.6) is 0 Å². The first-order valence-corrected chi connectivity index (χ1v) is 6.12. The van der Waals surface area contributed by atoms with Gasteiger partial charge >= 0.3 is 0 Å². The van der Waals surface area contributed by atoms with Gasteiger partial charge in [0.15, 0.2) is 0 Å². The first-order valence-electron chi connectivity index (χ1n) is 5.75. The average Bonchev–Trinajstić information content (AvgIpc) is 2.39. The third-order valence-electron chi connectivity index (χ3n) is 2.65. The highest BCUT2D eigenvalue weighted by Gasteiger charge is 2.15. The molecule has 2 aromatic rings. The van der Waals surface area contributed by atoms with E-state index in [-0.39, 0.29) is 16.6 Å². The van der Waals surface area contributed by atoms with Gasteiger partial charge in [0.05, 0.1) is 17.3 Å². The van der Waals surface area contributed by atoms with E-state index in [0.717, 1.165) is 6.07 Å². The standard InChI is InChI=1S/C14H12ClFN2O/c1-9(13-4-2-3-7-17-13)18-14(19)11-6-5-10(15)8-12(11)16/h2-9H,1H3,(H,18,19). The molecule has 98 valence electrons. The lowest BCUT2D eigenvalue weighted by Crippen LogP contribution is -2.27. The van der Waals surface area contributed by atoms with Gasteiger partial charge in [0.25, 0.3) is 5.91 Å². The number of benzene rings is 1. The van der Waals surface area contributed by atoms with Crippen LogP contribution >= 0.6 is 11.6 Å². The summed E-state index contributed by atoms with van der Waals surface area (Å²) in [7, 11) is 0. The van der Waals surface area contributed by atoms with E-state index in [9.17, 15) is 9.18 Å². The molecule has 1 N–H and O–H groups in total. The van der Waals surface area contributed by atoms with E-state index in [0.29, 0.717) is 5.69 Å². The van der Waals surface area contributed by atoms with Crippen LogP contribution in [-0.4, -0.2) is 10.9 Å². The second-order valence-electron chi connectivity index (χ2n) is 4.07. The zero-order valence-electron chi connectivity index (χ0n) is 10.2. The van der Waals surface area contributed by atoms with Gasteiger partial charge in [0.2, 0.25) is 0 Å². The zero-order chi connectivity index (χ0) is 13.8. The lowest BCUT2D eigenvalue weighted by Gasteiger charge is -2.13. The second kappa shape index (κ2) is 5.80. The molecule has 1 aromatic heterocycles. The predicted octanol–water partition coefficient (Wildman–Crippen LogP) is 3.37. The van der Waals surface area contributed by atoms with Crippen molar-refractivity contribution in [2.24, 2.45) is 0 Å². The highest BCUT2D eigenvalue weighted by atomic mass is 35.5. The van der Waals surface area contributed by atoms with Crippen LogP contribution < -0.4 is 5.32 Å². The van der Waals surface area contributed by atoms with Crippen LogP contribution in [0.15, 0.2) is 42.6 Å². The summed E-state index contributed by atoms with van der Waals surface area (Å²) < 4.78 is 13.6. The fourth-order valence-corrected chi connectivity index (χ4v) is 1.81. The first-order chi connectivity index (χ1) is 9.08. The molecule has 1 heterocycles. The largest absolute Gasteiger partial charge is 0.344 e. The van der Waals surface area contributed by atoms with Gasteiger partial charge in [-0.1, -0.05) is 17.7 Å². The maximum atomic E-state index is 13.6. The maximum Gasteiger partial charge on any atom is 0.254 e. The molecule has 0 aliphatic carbocycles. The van der Waals surface area contributed by atoms with Crippen LogP contribution in [-0.2, 0) is 0 Å². The summed E-state index contributed by atoms with van der Waals surface area (Å²) in [6.07, 6.45) is 1.64. The van der Waals surface area contributed by atoms with E-state index in [1.807, 2.05) is 6.07 Å². The predicted molar refractivity (Wildman–Crippen MR) is 71.5 cm³/mol. The van der Waals surface area contributed by atoms with Crippen molar-refractivity contribution in [3.05, 3.63) is 64.7 Å². The molecular weight excluding hydrogens is 267 g/mol. The van der Waals surface area contributed by atoms with E-state index >= 15 is 0 Å². The molecule has 0 saturated heterocycles. The molecule has 1 atom stereocenters. The molecule has 1 unspecified atom stereocenters. The van der Waals surface area contributed by atoms with Crippen molar-refractivity contribution >= 4 is 17.5 Å². The molecule has 3 nitrogen and oxygen atoms in total. The van der Waals surface area contributed by atoms with E-state index in [2.05, 4.69) is 10.3 Å². The SMILES string of the molecule is CC(NC(=O)c1ccc(Cl)cc1F)c1ccccn1. The van der Waals surface area contributed by atoms with Crippen LogP contribution in [0.1, 0.15) is 29.0 Å². The molecule has 5 heteroatoms. The first kappa shape index (κ1) is 13.5. The van der Waals surface area contributed by atoms with Crippen LogP contribution in [0.25, 0.3) is 0 Å². The van der Waals surface area contributed by atoms with Crippen LogP contribution in [0.3, 0.4) is 0 Å². The highest BCUT2D eigenvalue weighted by molar-refractivity contribution is 6.30. The van der Waals surface area contributed by atoms with E-state index < -0.39 is 11.7 Å². The number of nitrogens with one attached hydrogen (secondary N) is 1. The number of carbonyl (C=O) groups is 1. The maximum absolute atomic E-state index is 13.6. The minimum Gasteiger partial charge on any atom is -0.344 e. The molecule has 0 radical (unpaired) electrons. The number of halogens is 2. The number of aromatic nitrogens is 1. The lowest BCUT2D eigenvalue weighted by molar-refractivity contribution is 0.0935. The highest BCUT2D eigenvalue weighted by Crippen LogP contribution is 2.16. The van der Waals surface area contributed by atoms with Gasteiger partial charge in [-0.05, 0) is 37.3 Å². The Morgan fingerprint density at radius 1 is 1.37 bits per heavy atom. The molecule has 0 spiro atoms. The molecular formula is C14H12ClFN2O. The Labute approximate surface area is 115 Å². The molecule has 0 bridgehead atoms. The molecule has 19 heavy (non-hydrogen) atoms. The normalized spacial score (nSPS) is 11.9. The van der Waals surface area contributed by atoms with Gasteiger partial charge < -0.3 is 5.32 Å². The summed E-state index contributed by atoms with van der Waals surface area (Å²) in [5.74, 6) is -1.13. The van der Waals surface area contributed by atoms with Gasteiger partial charge in [-0.25, -0.2) is 4.39 Å². The third-order valence-corrected chi connectivity index (χ3v) is 2.89. The van der Waals surface area contributed by atoms with E-state index in [1.54, 1.807) is 25.3 Å². The number of hydrogen-bond donors (Lipinski definition) is 1. The van der Waals surface area contributed by atoms with E-state index in [1.165, 1.54) is 12.1 Å². The molecule has 0 fully saturated rings. The molecule has 1 amide bonds. The van der Waals surface area contributed by atoms with E-state index in [4.69, 9.17) is 11.6 Å². The molecule has 0 saturated carbocycles. The molecule has 1 aromatic carbocycles. The van der Waals surface area contributed by atoms with Gasteiger partial charge in [-0.2, -0.15) is 0 Å². The topological polar surface area (TPSA) is 42.0 Å². The fourth-order valence-electron chi connectivity index (χ4n) is 1.65. The summed E-state index contributed by atoms with van der Waals surface area (Å²) >= 11 is 5.64. The van der Waals surface area contributed by atoms with Gasteiger partial charge in [-0.15, -0.1) is 0 Å². The number of pyridine rings is 1. The third kappa shape index (κ3) is 3.29. The Morgan fingerprint density at radius 2 is 2.16 bits per heavy atom. The van der Waals surface area contributed by atoms with Crippen molar-refractivity contribution in [2.45, 2.75) is 13.0 Å². The zero-order valence-corrected chi connectivity index (χ0v) is 11.0. The van der Waals surface area contributed by atoms with Crippen molar-refractivity contribution in [2.75, 3.05) is 0 Å². The minimum absolute atomic E-state index is 0.0350. The van der Waals surface area contributed by atoms with Gasteiger partial charge in [-0.3, -0.25) is 9.78 Å². The van der Waals surface area contributed by atoms with Crippen LogP contribution in [0.2, 0.25) is 5.02 Å². The summed E-state index contributed by atoms with van der Waals surface area (Å²) in [5, 5.41) is 2.94. The van der Waals surface area contributed by atoms with Crippen LogP contribution in [0, 0.1) is 5.82 Å². The fraction of sp³-hybridized carbons (Fsp3) is 0.143. The van der Waals surface area contributed by atoms with Crippen LogP contribution in [0.4, 0.5) is 4.39 Å². The second-order valence-corrected chi connectivity index (χ2v) is 4.51. The number of rotatable bonds is 3. The molecule has 2 rings (SSSR count). The molecule has 0 aliphatic heterocycles. The number of nitrogens with zero attached hydrogens (tertiary/aromatic N) is 1. The number of carbonyl (C=O) groups excluding carboxylic acids is 1. The Kier molecular flexibility index (Phi) is 4.12.